The van der Waals surface area contributed by atoms with E-state index < -0.39 is 23.4 Å². The van der Waals surface area contributed by atoms with Crippen molar-refractivity contribution >= 4 is 17.8 Å². The second kappa shape index (κ2) is 7.34. The summed E-state index contributed by atoms with van der Waals surface area (Å²) in [4.78, 5) is 37.4. The smallest absolute Gasteiger partial charge is 0.322 e. The van der Waals surface area contributed by atoms with E-state index in [1.807, 2.05) is 37.3 Å². The van der Waals surface area contributed by atoms with Gasteiger partial charge in [-0.25, -0.2) is 4.79 Å². The summed E-state index contributed by atoms with van der Waals surface area (Å²) in [6, 6.07) is 8.65. The molecule has 3 rings (SSSR count). The van der Waals surface area contributed by atoms with E-state index in [1.165, 1.54) is 11.0 Å². The van der Waals surface area contributed by atoms with Gasteiger partial charge in [-0.1, -0.05) is 38.0 Å². The molecule has 0 aliphatic carbocycles. The first-order chi connectivity index (χ1) is 12.5. The lowest BCUT2D eigenvalue weighted by Gasteiger charge is -2.25. The molecule has 2 aromatic rings. The van der Waals surface area contributed by atoms with Crippen molar-refractivity contribution in [2.45, 2.75) is 31.7 Å². The van der Waals surface area contributed by atoms with Crippen LogP contribution in [0.5, 0.6) is 0 Å². The van der Waals surface area contributed by atoms with Crippen LogP contribution >= 0.6 is 0 Å². The molecule has 0 radical (unpaired) electrons. The molecule has 0 bridgehead atoms. The van der Waals surface area contributed by atoms with Gasteiger partial charge in [-0.05, 0) is 18.6 Å². The lowest BCUT2D eigenvalue weighted by atomic mass is 9.92. The minimum Gasteiger partial charge on any atom is -0.348 e. The molecule has 1 aromatic heterocycles. The van der Waals surface area contributed by atoms with Crippen molar-refractivity contribution in [3.8, 4) is 5.69 Å². The number of hydrogen-bond donors (Lipinski definition) is 3. The minimum absolute atomic E-state index is 0.0123. The Morgan fingerprint density at radius 3 is 2.69 bits per heavy atom. The molecule has 1 fully saturated rings. The number of benzene rings is 1. The zero-order valence-electron chi connectivity index (χ0n) is 14.4. The van der Waals surface area contributed by atoms with Gasteiger partial charge in [-0.15, -0.1) is 5.10 Å². The monoisotopic (exact) mass is 356 g/mol. The SMILES string of the molecule is CCCCC1(CNC(=O)c2cnn(-c3ccccc3)n2)NC(=O)NC1=O. The summed E-state index contributed by atoms with van der Waals surface area (Å²) in [6.07, 6.45) is 3.41. The minimum atomic E-state index is -1.13. The predicted molar refractivity (Wildman–Crippen MR) is 92.6 cm³/mol. The Bertz CT molecular complexity index is 819. The van der Waals surface area contributed by atoms with E-state index in [1.54, 1.807) is 0 Å². The van der Waals surface area contributed by atoms with Gasteiger partial charge in [0, 0.05) is 0 Å². The van der Waals surface area contributed by atoms with Crippen molar-refractivity contribution in [3.63, 3.8) is 0 Å². The Morgan fingerprint density at radius 1 is 1.27 bits per heavy atom. The Kier molecular flexibility index (Phi) is 4.97. The number of aromatic nitrogens is 3. The third-order valence-electron chi connectivity index (χ3n) is 4.23. The number of nitrogens with zero attached hydrogens (tertiary/aromatic N) is 3. The van der Waals surface area contributed by atoms with Gasteiger partial charge in [0.2, 0.25) is 0 Å². The summed E-state index contributed by atoms with van der Waals surface area (Å²) in [5.41, 5.74) is -0.268. The zero-order valence-corrected chi connectivity index (χ0v) is 14.4. The van der Waals surface area contributed by atoms with Gasteiger partial charge in [0.25, 0.3) is 11.8 Å². The first-order valence-corrected chi connectivity index (χ1v) is 8.43. The average Bonchev–Trinajstić information content (AvgIpc) is 3.24. The van der Waals surface area contributed by atoms with Gasteiger partial charge < -0.3 is 10.6 Å². The zero-order chi connectivity index (χ0) is 18.6. The fourth-order valence-electron chi connectivity index (χ4n) is 2.77. The van der Waals surface area contributed by atoms with Crippen LogP contribution in [-0.4, -0.2) is 44.9 Å². The van der Waals surface area contributed by atoms with Crippen LogP contribution in [-0.2, 0) is 4.79 Å². The van der Waals surface area contributed by atoms with E-state index in [0.717, 1.165) is 18.5 Å². The van der Waals surface area contributed by atoms with Crippen molar-refractivity contribution in [1.82, 2.24) is 30.9 Å². The van der Waals surface area contributed by atoms with E-state index >= 15 is 0 Å². The molecule has 1 unspecified atom stereocenters. The fourth-order valence-corrected chi connectivity index (χ4v) is 2.77. The Hall–Kier alpha value is -3.23. The maximum atomic E-state index is 12.4. The number of nitrogens with one attached hydrogen (secondary N) is 3. The number of carbonyl (C=O) groups excluding carboxylic acids is 3. The van der Waals surface area contributed by atoms with Gasteiger partial charge in [-0.3, -0.25) is 14.9 Å². The lowest BCUT2D eigenvalue weighted by Crippen LogP contribution is -2.55. The number of urea groups is 1. The maximum Gasteiger partial charge on any atom is 0.322 e. The van der Waals surface area contributed by atoms with E-state index in [0.29, 0.717) is 6.42 Å². The molecule has 136 valence electrons. The molecular weight excluding hydrogens is 336 g/mol. The quantitative estimate of drug-likeness (QED) is 0.633. The maximum absolute atomic E-state index is 12.4. The number of para-hydroxylation sites is 1. The molecular formula is C17H20N6O3. The summed E-state index contributed by atoms with van der Waals surface area (Å²) in [5.74, 6) is -0.888. The molecule has 4 amide bonds. The number of hydrogen-bond acceptors (Lipinski definition) is 5. The number of amides is 4. The van der Waals surface area contributed by atoms with Crippen LogP contribution in [0.15, 0.2) is 36.5 Å². The standard InChI is InChI=1S/C17H20N6O3/c1-2-3-9-17(15(25)20-16(26)21-17)11-18-14(24)13-10-19-23(22-13)12-7-5-4-6-8-12/h4-8,10H,2-3,9,11H2,1H3,(H,18,24)(H2,20,21,25,26). The molecule has 1 aliphatic heterocycles. The summed E-state index contributed by atoms with van der Waals surface area (Å²) >= 11 is 0. The van der Waals surface area contributed by atoms with Crippen LogP contribution in [0.1, 0.15) is 36.7 Å². The van der Waals surface area contributed by atoms with Crippen molar-refractivity contribution in [2.75, 3.05) is 6.54 Å². The third kappa shape index (κ3) is 3.56. The molecule has 9 heteroatoms. The van der Waals surface area contributed by atoms with E-state index in [2.05, 4.69) is 26.1 Å². The molecule has 9 nitrogen and oxygen atoms in total. The highest BCUT2D eigenvalue weighted by Gasteiger charge is 2.45. The second-order valence-corrected chi connectivity index (χ2v) is 6.13. The highest BCUT2D eigenvalue weighted by molar-refractivity contribution is 6.07. The average molecular weight is 356 g/mol. The number of unbranched alkanes of at least 4 members (excludes halogenated alkanes) is 1. The van der Waals surface area contributed by atoms with Crippen molar-refractivity contribution in [1.29, 1.82) is 0 Å². The first kappa shape index (κ1) is 17.6. The molecule has 26 heavy (non-hydrogen) atoms. The summed E-state index contributed by atoms with van der Waals surface area (Å²) < 4.78 is 0. The van der Waals surface area contributed by atoms with Crippen LogP contribution in [0.3, 0.4) is 0 Å². The van der Waals surface area contributed by atoms with Gasteiger partial charge in [0.1, 0.15) is 5.54 Å². The number of rotatable bonds is 7. The van der Waals surface area contributed by atoms with Crippen LogP contribution in [0.4, 0.5) is 4.79 Å². The van der Waals surface area contributed by atoms with Gasteiger partial charge >= 0.3 is 6.03 Å². The van der Waals surface area contributed by atoms with Crippen LogP contribution in [0.25, 0.3) is 5.69 Å². The van der Waals surface area contributed by atoms with Crippen LogP contribution in [0.2, 0.25) is 0 Å². The third-order valence-corrected chi connectivity index (χ3v) is 4.23. The molecule has 1 atom stereocenters. The molecule has 3 N–H and O–H groups in total. The first-order valence-electron chi connectivity index (χ1n) is 8.43. The van der Waals surface area contributed by atoms with E-state index in [9.17, 15) is 14.4 Å². The molecule has 1 aliphatic rings. The summed E-state index contributed by atoms with van der Waals surface area (Å²) in [6.45, 7) is 1.98. The van der Waals surface area contributed by atoms with Crippen molar-refractivity contribution < 1.29 is 14.4 Å². The van der Waals surface area contributed by atoms with Crippen molar-refractivity contribution in [2.24, 2.45) is 0 Å². The van der Waals surface area contributed by atoms with E-state index in [-0.39, 0.29) is 12.2 Å². The summed E-state index contributed by atoms with van der Waals surface area (Å²) in [7, 11) is 0. The molecule has 2 heterocycles. The molecule has 1 saturated heterocycles. The molecule has 0 spiro atoms. The Morgan fingerprint density at radius 2 is 2.04 bits per heavy atom. The van der Waals surface area contributed by atoms with Crippen LogP contribution < -0.4 is 16.0 Å². The van der Waals surface area contributed by atoms with Gasteiger partial charge in [0.05, 0.1) is 18.4 Å². The predicted octanol–water partition coefficient (Wildman–Crippen LogP) is 0.766. The van der Waals surface area contributed by atoms with Crippen LogP contribution in [0, 0.1) is 0 Å². The molecule has 0 saturated carbocycles. The van der Waals surface area contributed by atoms with Gasteiger partial charge in [-0.2, -0.15) is 9.90 Å². The highest BCUT2D eigenvalue weighted by atomic mass is 16.2. The van der Waals surface area contributed by atoms with Crippen molar-refractivity contribution in [3.05, 3.63) is 42.2 Å². The topological polar surface area (TPSA) is 118 Å². The lowest BCUT2D eigenvalue weighted by molar-refractivity contribution is -0.124. The largest absolute Gasteiger partial charge is 0.348 e. The molecule has 1 aromatic carbocycles. The Labute approximate surface area is 150 Å². The number of imide groups is 1. The second-order valence-electron chi connectivity index (χ2n) is 6.13. The Balaban J connectivity index is 1.68. The van der Waals surface area contributed by atoms with Gasteiger partial charge in [0.15, 0.2) is 5.69 Å². The normalized spacial score (nSPS) is 19.1. The summed E-state index contributed by atoms with van der Waals surface area (Å²) in [5, 5.41) is 15.8. The number of carbonyl (C=O) groups is 3. The highest BCUT2D eigenvalue weighted by Crippen LogP contribution is 2.18. The van der Waals surface area contributed by atoms with E-state index in [4.69, 9.17) is 0 Å². The fraction of sp³-hybridized carbons (Fsp3) is 0.353.